The summed E-state index contributed by atoms with van der Waals surface area (Å²) in [4.78, 5) is 8.19. The molecule has 0 aliphatic rings. The van der Waals surface area contributed by atoms with E-state index in [1.807, 2.05) is 12.1 Å². The molecular formula is C17H18F3N3S. The Kier molecular flexibility index (Phi) is 5.54. The average Bonchev–Trinajstić information content (AvgIpc) is 2.51. The molecule has 2 aromatic rings. The fraction of sp³-hybridized carbons (Fsp3) is 0.294. The Morgan fingerprint density at radius 1 is 1.25 bits per heavy atom. The van der Waals surface area contributed by atoms with Crippen molar-refractivity contribution in [3.63, 3.8) is 0 Å². The summed E-state index contributed by atoms with van der Waals surface area (Å²) >= 11 is 0.551. The zero-order valence-corrected chi connectivity index (χ0v) is 14.4. The molecular weight excluding hydrogens is 335 g/mol. The van der Waals surface area contributed by atoms with Crippen LogP contribution in [0.15, 0.2) is 42.0 Å². The van der Waals surface area contributed by atoms with Gasteiger partial charge in [0.25, 0.3) is 0 Å². The highest BCUT2D eigenvalue weighted by molar-refractivity contribution is 8.21. The van der Waals surface area contributed by atoms with Crippen LogP contribution in [0.1, 0.15) is 19.4 Å². The van der Waals surface area contributed by atoms with E-state index in [9.17, 15) is 13.2 Å². The van der Waals surface area contributed by atoms with Gasteiger partial charge in [-0.3, -0.25) is 4.99 Å². The van der Waals surface area contributed by atoms with Gasteiger partial charge in [-0.2, -0.15) is 13.2 Å². The van der Waals surface area contributed by atoms with Crippen molar-refractivity contribution in [2.24, 2.45) is 4.99 Å². The first-order chi connectivity index (χ1) is 11.2. The molecule has 0 amide bonds. The molecule has 3 nitrogen and oxygen atoms in total. The Morgan fingerprint density at radius 2 is 1.96 bits per heavy atom. The van der Waals surface area contributed by atoms with Crippen molar-refractivity contribution in [2.45, 2.75) is 26.1 Å². The first-order valence-corrected chi connectivity index (χ1v) is 8.12. The van der Waals surface area contributed by atoms with Crippen LogP contribution in [0.5, 0.6) is 0 Å². The Labute approximate surface area is 143 Å². The standard InChI is InChI=1S/C17H18F3N3S/c1-10(2)23-16(17(18,19)20)24-11(3)12-5-6-13-9-22-15(21-4)8-14(13)7-12/h5-10H,3H2,1-2,4H3,(H,21,22)/b23-16-. The van der Waals surface area contributed by atoms with Crippen LogP contribution in [0.4, 0.5) is 19.0 Å². The molecule has 1 N–H and O–H groups in total. The lowest BCUT2D eigenvalue weighted by Gasteiger charge is -2.13. The van der Waals surface area contributed by atoms with Gasteiger partial charge >= 0.3 is 6.18 Å². The smallest absolute Gasteiger partial charge is 0.373 e. The predicted molar refractivity (Wildman–Crippen MR) is 96.5 cm³/mol. The largest absolute Gasteiger partial charge is 0.439 e. The number of nitrogens with zero attached hydrogens (tertiary/aromatic N) is 2. The van der Waals surface area contributed by atoms with E-state index < -0.39 is 17.3 Å². The summed E-state index contributed by atoms with van der Waals surface area (Å²) in [6.07, 6.45) is -2.78. The highest BCUT2D eigenvalue weighted by atomic mass is 32.2. The number of aliphatic imine (C=N–C) groups is 1. The predicted octanol–water partition coefficient (Wildman–Crippen LogP) is 5.35. The van der Waals surface area contributed by atoms with Gasteiger partial charge in [0.1, 0.15) is 5.82 Å². The summed E-state index contributed by atoms with van der Waals surface area (Å²) in [6, 6.07) is 6.75. The molecule has 2 rings (SSSR count). The summed E-state index contributed by atoms with van der Waals surface area (Å²) in [5.41, 5.74) is 0.626. The normalized spacial score (nSPS) is 12.7. The van der Waals surface area contributed by atoms with Crippen LogP contribution in [0.25, 0.3) is 15.7 Å². The summed E-state index contributed by atoms with van der Waals surface area (Å²) < 4.78 is 39.3. The third kappa shape index (κ3) is 4.50. The van der Waals surface area contributed by atoms with E-state index in [2.05, 4.69) is 21.9 Å². The molecule has 0 spiro atoms. The minimum Gasteiger partial charge on any atom is -0.373 e. The number of halogens is 3. The number of hydrogen-bond acceptors (Lipinski definition) is 4. The van der Waals surface area contributed by atoms with E-state index in [1.165, 1.54) is 0 Å². The van der Waals surface area contributed by atoms with Crippen molar-refractivity contribution in [1.82, 2.24) is 4.98 Å². The van der Waals surface area contributed by atoms with E-state index in [0.717, 1.165) is 10.8 Å². The highest BCUT2D eigenvalue weighted by Crippen LogP contribution is 2.35. The zero-order chi connectivity index (χ0) is 17.9. The second-order valence-corrected chi connectivity index (χ2v) is 6.52. The minimum absolute atomic E-state index is 0.302. The van der Waals surface area contributed by atoms with Crippen molar-refractivity contribution < 1.29 is 13.2 Å². The molecule has 0 unspecified atom stereocenters. The van der Waals surface area contributed by atoms with E-state index in [-0.39, 0.29) is 0 Å². The number of hydrogen-bond donors (Lipinski definition) is 1. The number of fused-ring (bicyclic) bond motifs is 1. The Balaban J connectivity index is 2.33. The van der Waals surface area contributed by atoms with Gasteiger partial charge in [-0.15, -0.1) is 0 Å². The maximum absolute atomic E-state index is 13.1. The molecule has 0 aliphatic carbocycles. The third-order valence-corrected chi connectivity index (χ3v) is 4.15. The summed E-state index contributed by atoms with van der Waals surface area (Å²) in [5, 5.41) is 3.84. The number of nitrogens with one attached hydrogen (secondary N) is 1. The van der Waals surface area contributed by atoms with Crippen molar-refractivity contribution >= 4 is 38.3 Å². The molecule has 1 aromatic heterocycles. The number of pyridine rings is 1. The Hall–Kier alpha value is -2.02. The molecule has 0 atom stereocenters. The van der Waals surface area contributed by atoms with E-state index in [0.29, 0.717) is 28.0 Å². The first-order valence-electron chi connectivity index (χ1n) is 7.30. The van der Waals surface area contributed by atoms with Crippen molar-refractivity contribution in [3.05, 3.63) is 42.6 Å². The van der Waals surface area contributed by atoms with Crippen LogP contribution in [-0.4, -0.2) is 29.3 Å². The van der Waals surface area contributed by atoms with E-state index in [1.54, 1.807) is 39.2 Å². The van der Waals surface area contributed by atoms with Gasteiger partial charge in [0.2, 0.25) is 0 Å². The Bertz CT molecular complexity index is 782. The molecule has 1 heterocycles. The maximum atomic E-state index is 13.1. The van der Waals surface area contributed by atoms with Crippen molar-refractivity contribution in [1.29, 1.82) is 0 Å². The monoisotopic (exact) mass is 353 g/mol. The first kappa shape index (κ1) is 18.3. The van der Waals surface area contributed by atoms with Gasteiger partial charge in [0, 0.05) is 29.6 Å². The SMILES string of the molecule is C=C(S/C(=N\C(C)C)C(F)(F)F)c1ccc2cnc(NC)cc2c1. The number of rotatable bonds is 4. The fourth-order valence-electron chi connectivity index (χ4n) is 2.02. The topological polar surface area (TPSA) is 37.3 Å². The molecule has 0 fully saturated rings. The summed E-state index contributed by atoms with van der Waals surface area (Å²) in [5.74, 6) is 0.690. The van der Waals surface area contributed by atoms with Gasteiger partial charge in [-0.05, 0) is 36.9 Å². The van der Waals surface area contributed by atoms with Crippen LogP contribution >= 0.6 is 11.8 Å². The van der Waals surface area contributed by atoms with Gasteiger partial charge in [-0.25, -0.2) is 4.98 Å². The molecule has 0 bridgehead atoms. The minimum atomic E-state index is -4.49. The molecule has 0 saturated carbocycles. The molecule has 0 radical (unpaired) electrons. The quantitative estimate of drug-likeness (QED) is 0.595. The van der Waals surface area contributed by atoms with Crippen molar-refractivity contribution in [2.75, 3.05) is 12.4 Å². The van der Waals surface area contributed by atoms with Crippen LogP contribution in [-0.2, 0) is 0 Å². The Morgan fingerprint density at radius 3 is 2.54 bits per heavy atom. The lowest BCUT2D eigenvalue weighted by atomic mass is 10.1. The zero-order valence-electron chi connectivity index (χ0n) is 13.6. The highest BCUT2D eigenvalue weighted by Gasteiger charge is 2.37. The summed E-state index contributed by atoms with van der Waals surface area (Å²) in [7, 11) is 1.75. The number of benzene rings is 1. The number of anilines is 1. The van der Waals surface area contributed by atoms with E-state index in [4.69, 9.17) is 0 Å². The second kappa shape index (κ2) is 7.25. The molecule has 0 saturated heterocycles. The van der Waals surface area contributed by atoms with Gasteiger partial charge < -0.3 is 5.32 Å². The lowest BCUT2D eigenvalue weighted by Crippen LogP contribution is -2.21. The molecule has 1 aromatic carbocycles. The average molecular weight is 353 g/mol. The van der Waals surface area contributed by atoms with Crippen LogP contribution in [0.2, 0.25) is 0 Å². The van der Waals surface area contributed by atoms with Gasteiger partial charge in [0.05, 0.1) is 0 Å². The van der Waals surface area contributed by atoms with Gasteiger partial charge in [0.15, 0.2) is 5.04 Å². The number of aromatic nitrogens is 1. The molecule has 0 aliphatic heterocycles. The molecule has 24 heavy (non-hydrogen) atoms. The van der Waals surface area contributed by atoms with Crippen LogP contribution in [0.3, 0.4) is 0 Å². The summed E-state index contributed by atoms with van der Waals surface area (Å²) in [6.45, 7) is 7.00. The van der Waals surface area contributed by atoms with Gasteiger partial charge in [-0.1, -0.05) is 30.5 Å². The number of thioether (sulfide) groups is 1. The van der Waals surface area contributed by atoms with E-state index >= 15 is 0 Å². The second-order valence-electron chi connectivity index (χ2n) is 5.43. The fourth-order valence-corrected chi connectivity index (χ4v) is 2.88. The maximum Gasteiger partial charge on any atom is 0.439 e. The third-order valence-electron chi connectivity index (χ3n) is 3.14. The number of alkyl halides is 3. The lowest BCUT2D eigenvalue weighted by molar-refractivity contribution is -0.0557. The molecule has 128 valence electrons. The van der Waals surface area contributed by atoms with Crippen molar-refractivity contribution in [3.8, 4) is 0 Å². The van der Waals surface area contributed by atoms with Crippen LogP contribution in [0, 0.1) is 0 Å². The van der Waals surface area contributed by atoms with Crippen LogP contribution < -0.4 is 5.32 Å². The molecule has 7 heteroatoms.